The van der Waals surface area contributed by atoms with Crippen LogP contribution in [-0.2, 0) is 14.3 Å². The summed E-state index contributed by atoms with van der Waals surface area (Å²) in [6.07, 6.45) is 6.34. The molecule has 1 spiro atoms. The Morgan fingerprint density at radius 3 is 2.79 bits per heavy atom. The molecule has 2 unspecified atom stereocenters. The van der Waals surface area contributed by atoms with Gasteiger partial charge in [-0.05, 0) is 37.8 Å². The third-order valence-corrected chi connectivity index (χ3v) is 5.46. The Kier molecular flexibility index (Phi) is 3.87. The van der Waals surface area contributed by atoms with E-state index in [1.165, 1.54) is 5.56 Å². The fraction of sp³-hybridized carbons (Fsp3) is 0.550. The van der Waals surface area contributed by atoms with Crippen molar-refractivity contribution in [3.05, 3.63) is 47.7 Å². The van der Waals surface area contributed by atoms with Gasteiger partial charge in [0.2, 0.25) is 0 Å². The Morgan fingerprint density at radius 2 is 2.08 bits per heavy atom. The highest BCUT2D eigenvalue weighted by Crippen LogP contribution is 2.52. The van der Waals surface area contributed by atoms with Crippen molar-refractivity contribution in [1.82, 2.24) is 4.90 Å². The van der Waals surface area contributed by atoms with Crippen LogP contribution in [0.5, 0.6) is 0 Å². The standard InChI is InChI=1S/C20H25NO3/c1-3-7-14(2)23-16-12-20(13-16)19(22)21-17(10-11-18(21)24-20)15-8-5-4-6-9-15/h4-9,16-18H,3,10-13H2,1-2H3/b14-7-. The molecule has 0 radical (unpaired) electrons. The van der Waals surface area contributed by atoms with Gasteiger partial charge in [-0.15, -0.1) is 0 Å². The van der Waals surface area contributed by atoms with Crippen molar-refractivity contribution >= 4 is 5.91 Å². The molecule has 128 valence electrons. The molecule has 3 aliphatic rings. The molecule has 1 aromatic rings. The summed E-state index contributed by atoms with van der Waals surface area (Å²) in [7, 11) is 0. The lowest BCUT2D eigenvalue weighted by atomic mass is 9.76. The largest absolute Gasteiger partial charge is 0.495 e. The zero-order valence-corrected chi connectivity index (χ0v) is 14.4. The lowest BCUT2D eigenvalue weighted by Gasteiger charge is -2.42. The van der Waals surface area contributed by atoms with E-state index in [0.717, 1.165) is 25.0 Å². The number of hydrogen-bond donors (Lipinski definition) is 0. The lowest BCUT2D eigenvalue weighted by Crippen LogP contribution is -2.54. The van der Waals surface area contributed by atoms with Crippen LogP contribution < -0.4 is 0 Å². The van der Waals surface area contributed by atoms with Crippen LogP contribution in [-0.4, -0.2) is 28.7 Å². The van der Waals surface area contributed by atoms with E-state index in [2.05, 4.69) is 25.1 Å². The van der Waals surface area contributed by atoms with Crippen LogP contribution in [0.15, 0.2) is 42.2 Å². The highest BCUT2D eigenvalue weighted by molar-refractivity contribution is 5.89. The van der Waals surface area contributed by atoms with E-state index in [0.29, 0.717) is 12.8 Å². The van der Waals surface area contributed by atoms with Gasteiger partial charge in [-0.2, -0.15) is 0 Å². The number of nitrogens with zero attached hydrogens (tertiary/aromatic N) is 1. The molecule has 2 heterocycles. The van der Waals surface area contributed by atoms with Gasteiger partial charge in [0, 0.05) is 12.8 Å². The summed E-state index contributed by atoms with van der Waals surface area (Å²) in [5.74, 6) is 1.11. The maximum absolute atomic E-state index is 13.1. The summed E-state index contributed by atoms with van der Waals surface area (Å²) in [4.78, 5) is 15.0. The van der Waals surface area contributed by atoms with Crippen molar-refractivity contribution in [3.8, 4) is 0 Å². The first-order valence-corrected chi connectivity index (χ1v) is 9.02. The van der Waals surface area contributed by atoms with Crippen molar-refractivity contribution in [2.45, 2.75) is 69.9 Å². The maximum atomic E-state index is 13.1. The molecule has 1 amide bonds. The first kappa shape index (κ1) is 15.7. The van der Waals surface area contributed by atoms with Gasteiger partial charge in [-0.3, -0.25) is 4.79 Å². The van der Waals surface area contributed by atoms with Crippen LogP contribution in [0.2, 0.25) is 0 Å². The molecule has 0 N–H and O–H groups in total. The molecule has 1 saturated carbocycles. The predicted molar refractivity (Wildman–Crippen MR) is 91.0 cm³/mol. The Bertz CT molecular complexity index is 648. The number of benzene rings is 1. The van der Waals surface area contributed by atoms with E-state index < -0.39 is 5.60 Å². The van der Waals surface area contributed by atoms with Crippen LogP contribution in [0, 0.1) is 0 Å². The minimum absolute atomic E-state index is 0.0593. The minimum atomic E-state index is -0.630. The summed E-state index contributed by atoms with van der Waals surface area (Å²) < 4.78 is 12.1. The molecule has 2 aliphatic heterocycles. The van der Waals surface area contributed by atoms with E-state index in [9.17, 15) is 4.79 Å². The van der Waals surface area contributed by atoms with Gasteiger partial charge >= 0.3 is 0 Å². The molecule has 24 heavy (non-hydrogen) atoms. The SMILES string of the molecule is CC/C=C(/C)OC1CC2(C1)OC1CCC(c3ccccc3)N1C2=O. The average Bonchev–Trinajstić information content (AvgIpc) is 3.07. The van der Waals surface area contributed by atoms with Gasteiger partial charge in [0.25, 0.3) is 5.91 Å². The first-order chi connectivity index (χ1) is 11.6. The maximum Gasteiger partial charge on any atom is 0.257 e. The van der Waals surface area contributed by atoms with Gasteiger partial charge < -0.3 is 14.4 Å². The van der Waals surface area contributed by atoms with E-state index in [4.69, 9.17) is 9.47 Å². The molecule has 1 aromatic carbocycles. The molecular weight excluding hydrogens is 302 g/mol. The average molecular weight is 327 g/mol. The van der Waals surface area contributed by atoms with Crippen LogP contribution >= 0.6 is 0 Å². The highest BCUT2D eigenvalue weighted by atomic mass is 16.6. The summed E-state index contributed by atoms with van der Waals surface area (Å²) in [6, 6.07) is 10.5. The fourth-order valence-electron chi connectivity index (χ4n) is 4.34. The minimum Gasteiger partial charge on any atom is -0.495 e. The second-order valence-corrected chi connectivity index (χ2v) is 7.15. The molecule has 4 rings (SSSR count). The van der Waals surface area contributed by atoms with Gasteiger partial charge in [-0.1, -0.05) is 37.3 Å². The van der Waals surface area contributed by atoms with Crippen LogP contribution in [0.1, 0.15) is 57.6 Å². The quantitative estimate of drug-likeness (QED) is 0.786. The number of fused-ring (bicyclic) bond motifs is 1. The summed E-state index contributed by atoms with van der Waals surface area (Å²) in [6.45, 7) is 4.08. The Labute approximate surface area is 143 Å². The van der Waals surface area contributed by atoms with Crippen molar-refractivity contribution in [2.24, 2.45) is 0 Å². The number of rotatable bonds is 4. The number of carbonyl (C=O) groups is 1. The molecule has 0 bridgehead atoms. The molecule has 2 atom stereocenters. The van der Waals surface area contributed by atoms with E-state index in [1.807, 2.05) is 30.0 Å². The summed E-state index contributed by atoms with van der Waals surface area (Å²) in [5.41, 5.74) is 0.581. The second kappa shape index (κ2) is 5.92. The molecule has 4 nitrogen and oxygen atoms in total. The lowest BCUT2D eigenvalue weighted by molar-refractivity contribution is -0.168. The normalized spacial score (nSPS) is 35.2. The third-order valence-electron chi connectivity index (χ3n) is 5.46. The van der Waals surface area contributed by atoms with E-state index in [-0.39, 0.29) is 24.3 Å². The fourth-order valence-corrected chi connectivity index (χ4v) is 4.34. The molecule has 0 aromatic heterocycles. The first-order valence-electron chi connectivity index (χ1n) is 9.02. The number of amides is 1. The van der Waals surface area contributed by atoms with E-state index in [1.54, 1.807) is 0 Å². The summed E-state index contributed by atoms with van der Waals surface area (Å²) in [5, 5.41) is 0. The molecule has 4 heteroatoms. The van der Waals surface area contributed by atoms with Crippen LogP contribution in [0.25, 0.3) is 0 Å². The Morgan fingerprint density at radius 1 is 1.33 bits per heavy atom. The zero-order valence-electron chi connectivity index (χ0n) is 14.4. The van der Waals surface area contributed by atoms with Crippen molar-refractivity contribution in [3.63, 3.8) is 0 Å². The topological polar surface area (TPSA) is 38.8 Å². The molecule has 2 saturated heterocycles. The Hall–Kier alpha value is -1.81. The van der Waals surface area contributed by atoms with E-state index >= 15 is 0 Å². The Balaban J connectivity index is 1.45. The number of ether oxygens (including phenoxy) is 2. The third kappa shape index (κ3) is 2.44. The van der Waals surface area contributed by atoms with Crippen molar-refractivity contribution in [1.29, 1.82) is 0 Å². The van der Waals surface area contributed by atoms with Gasteiger partial charge in [0.05, 0.1) is 11.8 Å². The monoisotopic (exact) mass is 327 g/mol. The van der Waals surface area contributed by atoms with Crippen LogP contribution in [0.4, 0.5) is 0 Å². The van der Waals surface area contributed by atoms with Gasteiger partial charge in [-0.25, -0.2) is 0 Å². The van der Waals surface area contributed by atoms with Gasteiger partial charge in [0.15, 0.2) is 5.60 Å². The molecule has 1 aliphatic carbocycles. The number of carbonyl (C=O) groups excluding carboxylic acids is 1. The summed E-state index contributed by atoms with van der Waals surface area (Å²) >= 11 is 0. The van der Waals surface area contributed by atoms with Crippen molar-refractivity contribution in [2.75, 3.05) is 0 Å². The smallest absolute Gasteiger partial charge is 0.257 e. The zero-order chi connectivity index (χ0) is 16.7. The number of hydrogen-bond acceptors (Lipinski definition) is 3. The predicted octanol–water partition coefficient (Wildman–Crippen LogP) is 3.94. The van der Waals surface area contributed by atoms with Gasteiger partial charge in [0.1, 0.15) is 12.3 Å². The second-order valence-electron chi connectivity index (χ2n) is 7.15. The van der Waals surface area contributed by atoms with Crippen LogP contribution in [0.3, 0.4) is 0 Å². The van der Waals surface area contributed by atoms with Crippen molar-refractivity contribution < 1.29 is 14.3 Å². The molecule has 3 fully saturated rings. The number of allylic oxidation sites excluding steroid dienone is 2. The molecular formula is C20H25NO3. The highest BCUT2D eigenvalue weighted by Gasteiger charge is 2.63.